The van der Waals surface area contributed by atoms with Crippen molar-refractivity contribution < 1.29 is 48.0 Å². The van der Waals surface area contributed by atoms with Crippen LogP contribution in [0.3, 0.4) is 0 Å². The summed E-state index contributed by atoms with van der Waals surface area (Å²) in [6.07, 6.45) is -4.04. The van der Waals surface area contributed by atoms with Gasteiger partial charge in [0.25, 0.3) is 0 Å². The van der Waals surface area contributed by atoms with Gasteiger partial charge in [-0.25, -0.2) is 0 Å². The Morgan fingerprint density at radius 2 is 1.64 bits per heavy atom. The molecule has 2 N–H and O–H groups in total. The molecular weight excluding hydrogens is 378 g/mol. The Labute approximate surface area is 161 Å². The van der Waals surface area contributed by atoms with Gasteiger partial charge < -0.3 is 34.1 Å². The van der Waals surface area contributed by atoms with Crippen molar-refractivity contribution in [1.82, 2.24) is 5.32 Å². The highest BCUT2D eigenvalue weighted by molar-refractivity contribution is 5.74. The van der Waals surface area contributed by atoms with E-state index < -0.39 is 60.1 Å². The van der Waals surface area contributed by atoms with E-state index in [4.69, 9.17) is 28.8 Å². The Kier molecular flexibility index (Phi) is 6.96. The SMILES string of the molecule is CC(=O)N[C@H]1[C@H](OCCO)OC2(CC2OC(C)=O)[C@H](OC(C)=O)[C@@H]1OC(C)=O. The number of aliphatic hydroxyl groups excluding tert-OH is 1. The van der Waals surface area contributed by atoms with E-state index in [1.807, 2.05) is 0 Å². The van der Waals surface area contributed by atoms with Gasteiger partial charge in [-0.2, -0.15) is 0 Å². The molecule has 1 aliphatic heterocycles. The van der Waals surface area contributed by atoms with E-state index in [-0.39, 0.29) is 19.6 Å². The number of rotatable bonds is 7. The van der Waals surface area contributed by atoms with E-state index in [0.29, 0.717) is 0 Å². The second kappa shape index (κ2) is 8.84. The summed E-state index contributed by atoms with van der Waals surface area (Å²) in [5.41, 5.74) is -1.30. The number of amides is 1. The van der Waals surface area contributed by atoms with Crippen molar-refractivity contribution in [2.24, 2.45) is 0 Å². The Bertz CT molecular complexity index is 637. The predicted octanol–water partition coefficient (Wildman–Crippen LogP) is -1.21. The van der Waals surface area contributed by atoms with E-state index in [9.17, 15) is 19.2 Å². The number of carbonyl (C=O) groups excluding carboxylic acids is 4. The summed E-state index contributed by atoms with van der Waals surface area (Å²) in [6, 6.07) is -1.03. The zero-order valence-corrected chi connectivity index (χ0v) is 16.1. The second-order valence-corrected chi connectivity index (χ2v) is 6.67. The van der Waals surface area contributed by atoms with Gasteiger partial charge in [-0.1, -0.05) is 0 Å². The first kappa shape index (κ1) is 22.1. The third kappa shape index (κ3) is 4.97. The van der Waals surface area contributed by atoms with Crippen LogP contribution in [0.2, 0.25) is 0 Å². The zero-order chi connectivity index (χ0) is 21.1. The van der Waals surface area contributed by atoms with Crippen molar-refractivity contribution in [2.45, 2.75) is 70.4 Å². The summed E-state index contributed by atoms with van der Waals surface area (Å²) in [4.78, 5) is 46.5. The molecule has 11 heteroatoms. The smallest absolute Gasteiger partial charge is 0.303 e. The third-order valence-electron chi connectivity index (χ3n) is 4.30. The van der Waals surface area contributed by atoms with Crippen LogP contribution in [0.1, 0.15) is 34.1 Å². The summed E-state index contributed by atoms with van der Waals surface area (Å²) in [5, 5.41) is 11.6. The van der Waals surface area contributed by atoms with E-state index in [1.165, 1.54) is 20.8 Å². The van der Waals surface area contributed by atoms with Crippen molar-refractivity contribution in [2.75, 3.05) is 13.2 Å². The fraction of sp³-hybridized carbons (Fsp3) is 0.765. The molecule has 1 amide bonds. The molecule has 2 rings (SSSR count). The highest BCUT2D eigenvalue weighted by Crippen LogP contribution is 2.52. The summed E-state index contributed by atoms with van der Waals surface area (Å²) >= 11 is 0. The lowest BCUT2D eigenvalue weighted by Crippen LogP contribution is -2.67. The number of carbonyl (C=O) groups is 4. The number of hydrogen-bond acceptors (Lipinski definition) is 10. The fourth-order valence-electron chi connectivity index (χ4n) is 3.34. The van der Waals surface area contributed by atoms with Gasteiger partial charge in [0, 0.05) is 34.1 Å². The van der Waals surface area contributed by atoms with Crippen molar-refractivity contribution in [3.63, 3.8) is 0 Å². The molecule has 0 radical (unpaired) electrons. The van der Waals surface area contributed by atoms with Crippen LogP contribution >= 0.6 is 0 Å². The average Bonchev–Trinajstić information content (AvgIpc) is 3.22. The Morgan fingerprint density at radius 3 is 2.14 bits per heavy atom. The van der Waals surface area contributed by atoms with E-state index in [2.05, 4.69) is 5.32 Å². The quantitative estimate of drug-likeness (QED) is 0.392. The molecule has 2 fully saturated rings. The van der Waals surface area contributed by atoms with Crippen molar-refractivity contribution >= 4 is 23.8 Å². The van der Waals surface area contributed by atoms with Gasteiger partial charge in [0.05, 0.1) is 13.2 Å². The molecule has 0 aromatic rings. The minimum absolute atomic E-state index is 0.125. The molecule has 1 spiro atoms. The molecule has 158 valence electrons. The van der Waals surface area contributed by atoms with Crippen molar-refractivity contribution in [3.8, 4) is 0 Å². The largest absolute Gasteiger partial charge is 0.459 e. The summed E-state index contributed by atoms with van der Waals surface area (Å²) < 4.78 is 27.4. The van der Waals surface area contributed by atoms with Gasteiger partial charge >= 0.3 is 17.9 Å². The number of hydrogen-bond donors (Lipinski definition) is 2. The minimum Gasteiger partial charge on any atom is -0.459 e. The maximum Gasteiger partial charge on any atom is 0.303 e. The van der Waals surface area contributed by atoms with Crippen LogP contribution in [0.5, 0.6) is 0 Å². The Morgan fingerprint density at radius 1 is 1.04 bits per heavy atom. The summed E-state index contributed by atoms with van der Waals surface area (Å²) in [7, 11) is 0. The summed E-state index contributed by atoms with van der Waals surface area (Å²) in [6.45, 7) is 4.36. The maximum absolute atomic E-state index is 11.7. The van der Waals surface area contributed by atoms with Crippen LogP contribution < -0.4 is 5.32 Å². The summed E-state index contributed by atoms with van der Waals surface area (Å²) in [5.74, 6) is -2.38. The normalized spacial score (nSPS) is 33.7. The first-order chi connectivity index (χ1) is 13.1. The lowest BCUT2D eigenvalue weighted by atomic mass is 9.93. The van der Waals surface area contributed by atoms with Crippen LogP contribution in [0.15, 0.2) is 0 Å². The van der Waals surface area contributed by atoms with E-state index in [1.54, 1.807) is 0 Å². The maximum atomic E-state index is 11.7. The molecule has 0 bridgehead atoms. The molecule has 28 heavy (non-hydrogen) atoms. The molecule has 0 aromatic heterocycles. The molecule has 2 unspecified atom stereocenters. The second-order valence-electron chi connectivity index (χ2n) is 6.67. The number of aliphatic hydroxyl groups is 1. The predicted molar refractivity (Wildman–Crippen MR) is 89.5 cm³/mol. The van der Waals surface area contributed by atoms with Gasteiger partial charge in [-0.15, -0.1) is 0 Å². The first-order valence-corrected chi connectivity index (χ1v) is 8.79. The molecule has 11 nitrogen and oxygen atoms in total. The molecule has 1 heterocycles. The van der Waals surface area contributed by atoms with Gasteiger partial charge in [0.2, 0.25) is 5.91 Å². The highest BCUT2D eigenvalue weighted by Gasteiger charge is 2.73. The molecule has 1 saturated heterocycles. The van der Waals surface area contributed by atoms with E-state index in [0.717, 1.165) is 6.92 Å². The monoisotopic (exact) mass is 403 g/mol. The minimum atomic E-state index is -1.30. The van der Waals surface area contributed by atoms with E-state index >= 15 is 0 Å². The third-order valence-corrected chi connectivity index (χ3v) is 4.30. The number of nitrogens with one attached hydrogen (secondary N) is 1. The average molecular weight is 403 g/mol. The van der Waals surface area contributed by atoms with Crippen molar-refractivity contribution in [3.05, 3.63) is 0 Å². The molecule has 1 aliphatic carbocycles. The molecule has 0 aromatic carbocycles. The molecule has 1 saturated carbocycles. The number of esters is 3. The topological polar surface area (TPSA) is 147 Å². The van der Waals surface area contributed by atoms with Gasteiger partial charge in [0.15, 0.2) is 24.1 Å². The lowest BCUT2D eigenvalue weighted by Gasteiger charge is -2.45. The Balaban J connectivity index is 2.42. The molecular formula is C17H25NO10. The highest BCUT2D eigenvalue weighted by atomic mass is 16.7. The van der Waals surface area contributed by atoms with Crippen LogP contribution in [0.25, 0.3) is 0 Å². The molecule has 6 atom stereocenters. The zero-order valence-electron chi connectivity index (χ0n) is 16.1. The van der Waals surface area contributed by atoms with Crippen LogP contribution in [-0.4, -0.2) is 78.4 Å². The Hall–Kier alpha value is -2.24. The van der Waals surface area contributed by atoms with Crippen LogP contribution in [-0.2, 0) is 42.9 Å². The van der Waals surface area contributed by atoms with Crippen LogP contribution in [0, 0.1) is 0 Å². The lowest BCUT2D eigenvalue weighted by molar-refractivity contribution is -0.289. The molecule has 2 aliphatic rings. The first-order valence-electron chi connectivity index (χ1n) is 8.79. The van der Waals surface area contributed by atoms with Gasteiger partial charge in [-0.3, -0.25) is 19.2 Å². The van der Waals surface area contributed by atoms with Gasteiger partial charge in [-0.05, 0) is 0 Å². The fourth-order valence-corrected chi connectivity index (χ4v) is 3.34. The standard InChI is InChI=1S/C17H25NO10/c1-8(20)18-13-14(26-10(3)22)15(27-11(4)23)17(7-12(17)25-9(2)21)28-16(13)24-6-5-19/h12-16,19H,5-7H2,1-4H3,(H,18,20)/t12?,13-,14-,15-,16-,17?/m1/s1. The number of ether oxygens (including phenoxy) is 5. The van der Waals surface area contributed by atoms with Gasteiger partial charge in [0.1, 0.15) is 12.1 Å². The van der Waals surface area contributed by atoms with Crippen LogP contribution in [0.4, 0.5) is 0 Å². The van der Waals surface area contributed by atoms with Crippen molar-refractivity contribution in [1.29, 1.82) is 0 Å².